The number of hydrazone groups is 1. The molecule has 3 N–H and O–H groups in total. The van der Waals surface area contributed by atoms with Gasteiger partial charge in [0, 0.05) is 6.92 Å². The number of methoxy groups -OCH3 is 1. The van der Waals surface area contributed by atoms with Crippen LogP contribution in [0.1, 0.15) is 12.5 Å². The van der Waals surface area contributed by atoms with Crippen molar-refractivity contribution in [3.05, 3.63) is 23.8 Å². The molecule has 0 saturated carbocycles. The minimum atomic E-state index is -0.412. The van der Waals surface area contributed by atoms with Crippen LogP contribution in [0.4, 0.5) is 0 Å². The van der Waals surface area contributed by atoms with Crippen LogP contribution in [0.3, 0.4) is 0 Å². The molecule has 1 aromatic rings. The number of nitrogens with one attached hydrogen (secondary N) is 1. The summed E-state index contributed by atoms with van der Waals surface area (Å²) in [7, 11) is 1.48. The third-order valence-electron chi connectivity index (χ3n) is 1.83. The molecule has 18 heavy (non-hydrogen) atoms. The van der Waals surface area contributed by atoms with Gasteiger partial charge in [-0.25, -0.2) is 0 Å². The zero-order chi connectivity index (χ0) is 13.5. The van der Waals surface area contributed by atoms with Crippen LogP contribution in [-0.2, 0) is 4.79 Å². The van der Waals surface area contributed by atoms with Crippen molar-refractivity contribution in [1.29, 1.82) is 0 Å². The first kappa shape index (κ1) is 13.9. The number of nitrogens with two attached hydrogens (primary N) is 1. The Labute approximate surface area is 110 Å². The van der Waals surface area contributed by atoms with E-state index in [1.165, 1.54) is 20.2 Å². The SMILES string of the molecule is COc1cc(/C=N\NC(N)=S)ccc1OC(C)=O. The molecule has 0 saturated heterocycles. The van der Waals surface area contributed by atoms with Crippen molar-refractivity contribution in [3.63, 3.8) is 0 Å². The topological polar surface area (TPSA) is 85.9 Å². The van der Waals surface area contributed by atoms with Crippen LogP contribution in [0.5, 0.6) is 11.5 Å². The largest absolute Gasteiger partial charge is 0.493 e. The highest BCUT2D eigenvalue weighted by Crippen LogP contribution is 2.27. The van der Waals surface area contributed by atoms with Gasteiger partial charge in [0.15, 0.2) is 16.6 Å². The lowest BCUT2D eigenvalue weighted by molar-refractivity contribution is -0.132. The summed E-state index contributed by atoms with van der Waals surface area (Å²) in [6, 6.07) is 5.00. The summed E-state index contributed by atoms with van der Waals surface area (Å²) in [5.41, 5.74) is 8.39. The van der Waals surface area contributed by atoms with Crippen molar-refractivity contribution < 1.29 is 14.3 Å². The van der Waals surface area contributed by atoms with Crippen LogP contribution in [0.15, 0.2) is 23.3 Å². The Morgan fingerprint density at radius 2 is 2.22 bits per heavy atom. The fourth-order valence-electron chi connectivity index (χ4n) is 1.17. The second kappa shape index (κ2) is 6.55. The summed E-state index contributed by atoms with van der Waals surface area (Å²) in [5.74, 6) is 0.374. The summed E-state index contributed by atoms with van der Waals surface area (Å²) in [5, 5.41) is 3.88. The number of hydrogen-bond donors (Lipinski definition) is 2. The zero-order valence-corrected chi connectivity index (χ0v) is 10.8. The monoisotopic (exact) mass is 267 g/mol. The molecular weight excluding hydrogens is 254 g/mol. The normalized spacial score (nSPS) is 10.1. The van der Waals surface area contributed by atoms with E-state index >= 15 is 0 Å². The number of benzene rings is 1. The van der Waals surface area contributed by atoms with E-state index in [0.29, 0.717) is 11.5 Å². The smallest absolute Gasteiger partial charge is 0.308 e. The maximum Gasteiger partial charge on any atom is 0.308 e. The molecule has 0 unspecified atom stereocenters. The van der Waals surface area contributed by atoms with E-state index in [4.69, 9.17) is 15.2 Å². The van der Waals surface area contributed by atoms with Gasteiger partial charge in [0.1, 0.15) is 0 Å². The van der Waals surface area contributed by atoms with Crippen molar-refractivity contribution in [3.8, 4) is 11.5 Å². The molecule has 0 bridgehead atoms. The molecule has 0 fully saturated rings. The molecule has 0 atom stereocenters. The van der Waals surface area contributed by atoms with Crippen LogP contribution in [-0.4, -0.2) is 24.4 Å². The molecule has 0 aliphatic rings. The highest BCUT2D eigenvalue weighted by Gasteiger charge is 2.07. The number of rotatable bonds is 4. The van der Waals surface area contributed by atoms with Crippen LogP contribution < -0.4 is 20.6 Å². The maximum atomic E-state index is 10.9. The van der Waals surface area contributed by atoms with E-state index in [1.807, 2.05) is 0 Å². The van der Waals surface area contributed by atoms with Gasteiger partial charge >= 0.3 is 5.97 Å². The molecule has 96 valence electrons. The third kappa shape index (κ3) is 4.38. The van der Waals surface area contributed by atoms with E-state index in [9.17, 15) is 4.79 Å². The third-order valence-corrected chi connectivity index (χ3v) is 1.92. The molecular formula is C11H13N3O3S. The van der Waals surface area contributed by atoms with E-state index in [1.54, 1.807) is 18.2 Å². The van der Waals surface area contributed by atoms with Crippen LogP contribution in [0, 0.1) is 0 Å². The minimum Gasteiger partial charge on any atom is -0.493 e. The zero-order valence-electron chi connectivity index (χ0n) is 9.97. The molecule has 0 heterocycles. The number of hydrogen-bond acceptors (Lipinski definition) is 5. The molecule has 1 aromatic carbocycles. The molecule has 7 heteroatoms. The number of thiocarbonyl (C=S) groups is 1. The second-order valence-electron chi connectivity index (χ2n) is 3.24. The number of carbonyl (C=O) groups excluding carboxylic acids is 1. The van der Waals surface area contributed by atoms with Crippen molar-refractivity contribution in [1.82, 2.24) is 5.43 Å². The predicted molar refractivity (Wildman–Crippen MR) is 71.8 cm³/mol. The predicted octanol–water partition coefficient (Wildman–Crippen LogP) is 0.788. The molecule has 1 rings (SSSR count). The first-order chi connectivity index (χ1) is 8.52. The van der Waals surface area contributed by atoms with Gasteiger partial charge in [0.25, 0.3) is 0 Å². The van der Waals surface area contributed by atoms with Gasteiger partial charge in [-0.3, -0.25) is 10.2 Å². The Kier molecular flexibility index (Phi) is 5.06. The Morgan fingerprint density at radius 3 is 2.78 bits per heavy atom. The van der Waals surface area contributed by atoms with Gasteiger partial charge in [-0.05, 0) is 36.0 Å². The van der Waals surface area contributed by atoms with Gasteiger partial charge in [-0.1, -0.05) is 0 Å². The average molecular weight is 267 g/mol. The Bertz CT molecular complexity index is 488. The molecule has 6 nitrogen and oxygen atoms in total. The van der Waals surface area contributed by atoms with Crippen molar-refractivity contribution >= 4 is 29.5 Å². The number of esters is 1. The van der Waals surface area contributed by atoms with Crippen molar-refractivity contribution in [2.75, 3.05) is 7.11 Å². The average Bonchev–Trinajstić information content (AvgIpc) is 2.29. The van der Waals surface area contributed by atoms with Gasteiger partial charge in [0.05, 0.1) is 13.3 Å². The molecule has 0 radical (unpaired) electrons. The lowest BCUT2D eigenvalue weighted by atomic mass is 10.2. The first-order valence-corrected chi connectivity index (χ1v) is 5.38. The van der Waals surface area contributed by atoms with E-state index in [-0.39, 0.29) is 5.11 Å². The van der Waals surface area contributed by atoms with E-state index in [0.717, 1.165) is 5.56 Å². The minimum absolute atomic E-state index is 0.0785. The lowest BCUT2D eigenvalue weighted by Gasteiger charge is -2.08. The van der Waals surface area contributed by atoms with Gasteiger partial charge in [-0.15, -0.1) is 0 Å². The summed E-state index contributed by atoms with van der Waals surface area (Å²) in [4.78, 5) is 10.9. The fourth-order valence-corrected chi connectivity index (χ4v) is 1.23. The summed E-state index contributed by atoms with van der Waals surface area (Å²) in [6.45, 7) is 1.32. The Hall–Kier alpha value is -2.15. The van der Waals surface area contributed by atoms with Crippen LogP contribution in [0.2, 0.25) is 0 Å². The Balaban J connectivity index is 2.87. The van der Waals surface area contributed by atoms with Gasteiger partial charge in [0.2, 0.25) is 0 Å². The lowest BCUT2D eigenvalue weighted by Crippen LogP contribution is -2.23. The number of ether oxygens (including phenoxy) is 2. The maximum absolute atomic E-state index is 10.9. The van der Waals surface area contributed by atoms with E-state index < -0.39 is 5.97 Å². The summed E-state index contributed by atoms with van der Waals surface area (Å²) in [6.07, 6.45) is 1.51. The summed E-state index contributed by atoms with van der Waals surface area (Å²) < 4.78 is 10.1. The van der Waals surface area contributed by atoms with E-state index in [2.05, 4.69) is 22.7 Å². The highest BCUT2D eigenvalue weighted by atomic mass is 32.1. The first-order valence-electron chi connectivity index (χ1n) is 4.98. The molecule has 0 aliphatic heterocycles. The van der Waals surface area contributed by atoms with Crippen LogP contribution in [0.25, 0.3) is 0 Å². The second-order valence-corrected chi connectivity index (χ2v) is 3.68. The van der Waals surface area contributed by atoms with Crippen LogP contribution >= 0.6 is 12.2 Å². The van der Waals surface area contributed by atoms with Gasteiger partial charge < -0.3 is 15.2 Å². The van der Waals surface area contributed by atoms with Gasteiger partial charge in [-0.2, -0.15) is 5.10 Å². The quantitative estimate of drug-likeness (QED) is 0.276. The highest BCUT2D eigenvalue weighted by molar-refractivity contribution is 7.80. The molecule has 0 spiro atoms. The molecule has 0 aliphatic carbocycles. The van der Waals surface area contributed by atoms with Crippen molar-refractivity contribution in [2.45, 2.75) is 6.92 Å². The fraction of sp³-hybridized carbons (Fsp3) is 0.182. The van der Waals surface area contributed by atoms with Crippen molar-refractivity contribution in [2.24, 2.45) is 10.8 Å². The number of nitrogens with zero attached hydrogens (tertiary/aromatic N) is 1. The molecule has 0 amide bonds. The summed E-state index contributed by atoms with van der Waals surface area (Å²) >= 11 is 4.60. The number of carbonyl (C=O) groups is 1. The molecule has 0 aromatic heterocycles. The Morgan fingerprint density at radius 1 is 1.50 bits per heavy atom. The standard InChI is InChI=1S/C11H13N3O3S/c1-7(15)17-9-4-3-8(5-10(9)16-2)6-13-14-11(12)18/h3-6H,1-2H3,(H3,12,14,18)/b13-6-.